The summed E-state index contributed by atoms with van der Waals surface area (Å²) in [5.41, 5.74) is 0.977. The maximum absolute atomic E-state index is 12.0. The van der Waals surface area contributed by atoms with E-state index in [1.54, 1.807) is 23.2 Å². The molecule has 2 amide bonds. The highest BCUT2D eigenvalue weighted by Crippen LogP contribution is 2.24. The number of carbonyl (C=O) groups is 2. The third kappa shape index (κ3) is 3.27. The highest BCUT2D eigenvalue weighted by Gasteiger charge is 2.37. The number of hydrogen-bond donors (Lipinski definition) is 2. The summed E-state index contributed by atoms with van der Waals surface area (Å²) in [6.45, 7) is 4.75. The Morgan fingerprint density at radius 1 is 1.60 bits per heavy atom. The molecule has 0 radical (unpaired) electrons. The van der Waals surface area contributed by atoms with E-state index in [0.717, 1.165) is 10.7 Å². The van der Waals surface area contributed by atoms with E-state index in [1.165, 1.54) is 0 Å². The average Bonchev–Trinajstić information content (AvgIpc) is 2.95. The molecule has 2 heterocycles. The smallest absolute Gasteiger partial charge is 0.317 e. The molecule has 0 aromatic carbocycles. The molecule has 2 unspecified atom stereocenters. The Hall–Kier alpha value is -1.63. The van der Waals surface area contributed by atoms with Gasteiger partial charge in [-0.05, 0) is 20.3 Å². The minimum absolute atomic E-state index is 0.187. The SMILES string of the molecule is Cc1nc(CCNC(=O)N2CCC(C(=O)O)C2C)cs1. The molecule has 0 aliphatic carbocycles. The van der Waals surface area contributed by atoms with Crippen LogP contribution in [0.4, 0.5) is 4.79 Å². The lowest BCUT2D eigenvalue weighted by Gasteiger charge is -2.23. The number of carboxylic acids is 1. The fourth-order valence-corrected chi connectivity index (χ4v) is 3.13. The first-order valence-electron chi connectivity index (χ1n) is 6.67. The number of nitrogens with one attached hydrogen (secondary N) is 1. The minimum atomic E-state index is -0.828. The number of aryl methyl sites for hydroxylation is 1. The number of nitrogens with zero attached hydrogens (tertiary/aromatic N) is 2. The monoisotopic (exact) mass is 297 g/mol. The molecular formula is C13H19N3O3S. The van der Waals surface area contributed by atoms with Crippen molar-refractivity contribution >= 4 is 23.3 Å². The number of hydrogen-bond acceptors (Lipinski definition) is 4. The van der Waals surface area contributed by atoms with E-state index in [4.69, 9.17) is 5.11 Å². The van der Waals surface area contributed by atoms with Crippen LogP contribution in [0.2, 0.25) is 0 Å². The van der Waals surface area contributed by atoms with Crippen LogP contribution in [-0.4, -0.2) is 46.1 Å². The molecule has 0 spiro atoms. The van der Waals surface area contributed by atoms with Gasteiger partial charge < -0.3 is 15.3 Å². The normalized spacial score (nSPS) is 22.0. The van der Waals surface area contributed by atoms with Crippen LogP contribution < -0.4 is 5.32 Å². The molecule has 6 nitrogen and oxygen atoms in total. The first kappa shape index (κ1) is 14.8. The number of carbonyl (C=O) groups excluding carboxylic acids is 1. The van der Waals surface area contributed by atoms with Crippen molar-refractivity contribution in [2.45, 2.75) is 32.7 Å². The summed E-state index contributed by atoms with van der Waals surface area (Å²) in [6, 6.07) is -0.442. The van der Waals surface area contributed by atoms with Crippen LogP contribution in [0.3, 0.4) is 0 Å². The molecule has 1 aromatic heterocycles. The van der Waals surface area contributed by atoms with Gasteiger partial charge in [-0.3, -0.25) is 4.79 Å². The predicted octanol–water partition coefficient (Wildman–Crippen LogP) is 1.50. The highest BCUT2D eigenvalue weighted by molar-refractivity contribution is 7.09. The van der Waals surface area contributed by atoms with Crippen molar-refractivity contribution in [3.63, 3.8) is 0 Å². The van der Waals surface area contributed by atoms with Gasteiger partial charge in [0.05, 0.1) is 16.6 Å². The average molecular weight is 297 g/mol. The third-order valence-corrected chi connectivity index (χ3v) is 4.48. The van der Waals surface area contributed by atoms with Crippen LogP contribution in [-0.2, 0) is 11.2 Å². The number of aliphatic carboxylic acids is 1. The molecule has 7 heteroatoms. The number of carboxylic acid groups (broad SMARTS) is 1. The molecular weight excluding hydrogens is 278 g/mol. The molecule has 1 fully saturated rings. The number of urea groups is 1. The topological polar surface area (TPSA) is 82.5 Å². The fraction of sp³-hybridized carbons (Fsp3) is 0.615. The van der Waals surface area contributed by atoms with Crippen LogP contribution in [0.25, 0.3) is 0 Å². The van der Waals surface area contributed by atoms with Gasteiger partial charge in [-0.15, -0.1) is 11.3 Å². The molecule has 1 aromatic rings. The molecule has 2 atom stereocenters. The summed E-state index contributed by atoms with van der Waals surface area (Å²) >= 11 is 1.59. The van der Waals surface area contributed by atoms with E-state index in [-0.39, 0.29) is 12.1 Å². The Labute approximate surface area is 121 Å². The van der Waals surface area contributed by atoms with E-state index in [0.29, 0.717) is 25.9 Å². The van der Waals surface area contributed by atoms with E-state index in [1.807, 2.05) is 12.3 Å². The summed E-state index contributed by atoms with van der Waals surface area (Å²) in [5.74, 6) is -1.28. The van der Waals surface area contributed by atoms with E-state index in [9.17, 15) is 9.59 Å². The first-order chi connectivity index (χ1) is 9.49. The number of likely N-dealkylation sites (tertiary alicyclic amines) is 1. The van der Waals surface area contributed by atoms with E-state index >= 15 is 0 Å². The van der Waals surface area contributed by atoms with Gasteiger partial charge in [0.25, 0.3) is 0 Å². The first-order valence-corrected chi connectivity index (χ1v) is 7.55. The number of thiazole rings is 1. The zero-order valence-electron chi connectivity index (χ0n) is 11.6. The zero-order valence-corrected chi connectivity index (χ0v) is 12.4. The van der Waals surface area contributed by atoms with Crippen LogP contribution in [0, 0.1) is 12.8 Å². The summed E-state index contributed by atoms with van der Waals surface area (Å²) in [6.07, 6.45) is 1.22. The minimum Gasteiger partial charge on any atom is -0.481 e. The Morgan fingerprint density at radius 2 is 2.35 bits per heavy atom. The van der Waals surface area contributed by atoms with Gasteiger partial charge in [-0.25, -0.2) is 9.78 Å². The largest absolute Gasteiger partial charge is 0.481 e. The van der Waals surface area contributed by atoms with Gasteiger partial charge in [0, 0.05) is 30.9 Å². The van der Waals surface area contributed by atoms with Crippen LogP contribution in [0.1, 0.15) is 24.0 Å². The predicted molar refractivity (Wildman–Crippen MR) is 75.9 cm³/mol. The van der Waals surface area contributed by atoms with Crippen molar-refractivity contribution in [2.75, 3.05) is 13.1 Å². The maximum atomic E-state index is 12.0. The molecule has 20 heavy (non-hydrogen) atoms. The molecule has 0 saturated carbocycles. The van der Waals surface area contributed by atoms with Crippen molar-refractivity contribution in [2.24, 2.45) is 5.92 Å². The molecule has 0 bridgehead atoms. The van der Waals surface area contributed by atoms with Gasteiger partial charge in [-0.2, -0.15) is 0 Å². The molecule has 2 N–H and O–H groups in total. The fourth-order valence-electron chi connectivity index (χ4n) is 2.48. The summed E-state index contributed by atoms with van der Waals surface area (Å²) in [7, 11) is 0. The van der Waals surface area contributed by atoms with Gasteiger partial charge in [0.15, 0.2) is 0 Å². The molecule has 110 valence electrons. The summed E-state index contributed by atoms with van der Waals surface area (Å²) < 4.78 is 0. The Balaban J connectivity index is 1.79. The number of aromatic nitrogens is 1. The summed E-state index contributed by atoms with van der Waals surface area (Å²) in [4.78, 5) is 29.0. The Morgan fingerprint density at radius 3 is 2.90 bits per heavy atom. The van der Waals surface area contributed by atoms with E-state index in [2.05, 4.69) is 10.3 Å². The van der Waals surface area contributed by atoms with Crippen molar-refractivity contribution in [1.82, 2.24) is 15.2 Å². The van der Waals surface area contributed by atoms with Crippen LogP contribution >= 0.6 is 11.3 Å². The second-order valence-electron chi connectivity index (χ2n) is 5.01. The highest BCUT2D eigenvalue weighted by atomic mass is 32.1. The molecule has 1 aliphatic heterocycles. The number of rotatable bonds is 4. The van der Waals surface area contributed by atoms with Crippen LogP contribution in [0.15, 0.2) is 5.38 Å². The maximum Gasteiger partial charge on any atom is 0.317 e. The summed E-state index contributed by atoms with van der Waals surface area (Å²) in [5, 5.41) is 14.9. The van der Waals surface area contributed by atoms with E-state index < -0.39 is 11.9 Å². The third-order valence-electron chi connectivity index (χ3n) is 3.66. The molecule has 2 rings (SSSR count). The van der Waals surface area contributed by atoms with Gasteiger partial charge >= 0.3 is 12.0 Å². The van der Waals surface area contributed by atoms with Crippen LogP contribution in [0.5, 0.6) is 0 Å². The van der Waals surface area contributed by atoms with Crippen molar-refractivity contribution < 1.29 is 14.7 Å². The standard InChI is InChI=1S/C13H19N3O3S/c1-8-11(12(17)18)4-6-16(8)13(19)14-5-3-10-7-20-9(2)15-10/h7-8,11H,3-6H2,1-2H3,(H,14,19)(H,17,18). The van der Waals surface area contributed by atoms with Gasteiger partial charge in [0.1, 0.15) is 0 Å². The van der Waals surface area contributed by atoms with Crippen molar-refractivity contribution in [3.8, 4) is 0 Å². The quantitative estimate of drug-likeness (QED) is 0.882. The lowest BCUT2D eigenvalue weighted by molar-refractivity contribution is -0.142. The zero-order chi connectivity index (χ0) is 14.7. The van der Waals surface area contributed by atoms with Gasteiger partial charge in [-0.1, -0.05) is 0 Å². The van der Waals surface area contributed by atoms with Crippen molar-refractivity contribution in [3.05, 3.63) is 16.1 Å². The van der Waals surface area contributed by atoms with Crippen molar-refractivity contribution in [1.29, 1.82) is 0 Å². The number of amides is 2. The molecule has 1 aliphatic rings. The lowest BCUT2D eigenvalue weighted by Crippen LogP contribution is -2.44. The second-order valence-corrected chi connectivity index (χ2v) is 6.07. The Kier molecular flexibility index (Phi) is 4.59. The van der Waals surface area contributed by atoms with Gasteiger partial charge in [0.2, 0.25) is 0 Å². The lowest BCUT2D eigenvalue weighted by atomic mass is 10.0. The second kappa shape index (κ2) is 6.21. The Bertz CT molecular complexity index is 503. The molecule has 1 saturated heterocycles.